The monoisotopic (exact) mass is 186 g/mol. The Morgan fingerprint density at radius 2 is 2.50 bits per heavy atom. The molecule has 1 rings (SSSR count). The fourth-order valence-corrected chi connectivity index (χ4v) is 0.895. The molecule has 0 unspecified atom stereocenters. The molecule has 0 atom stereocenters. The average molecular weight is 186 g/mol. The summed E-state index contributed by atoms with van der Waals surface area (Å²) in [5.41, 5.74) is 0. The van der Waals surface area contributed by atoms with Gasteiger partial charge in [-0.1, -0.05) is 6.92 Å². The molecule has 0 saturated heterocycles. The highest BCUT2D eigenvalue weighted by molar-refractivity contribution is 7.80. The van der Waals surface area contributed by atoms with Crippen LogP contribution in [-0.2, 0) is 16.1 Å². The molecule has 3 nitrogen and oxygen atoms in total. The Morgan fingerprint density at radius 3 is 3.00 bits per heavy atom. The Morgan fingerprint density at radius 1 is 1.75 bits per heavy atom. The largest absolute Gasteiger partial charge is 0.465 e. The number of carbonyl (C=O) groups excluding carboxylic acids is 1. The van der Waals surface area contributed by atoms with Crippen molar-refractivity contribution in [3.63, 3.8) is 0 Å². The van der Waals surface area contributed by atoms with Crippen molar-refractivity contribution in [3.05, 3.63) is 18.1 Å². The lowest BCUT2D eigenvalue weighted by atomic mass is 10.4. The van der Waals surface area contributed by atoms with Gasteiger partial charge in [-0.25, -0.2) is 0 Å². The van der Waals surface area contributed by atoms with Gasteiger partial charge < -0.3 is 9.15 Å². The van der Waals surface area contributed by atoms with E-state index in [1.165, 1.54) is 6.26 Å². The van der Waals surface area contributed by atoms with Crippen LogP contribution in [0.5, 0.6) is 0 Å². The van der Waals surface area contributed by atoms with Crippen LogP contribution in [0.25, 0.3) is 0 Å². The van der Waals surface area contributed by atoms with Crippen molar-refractivity contribution in [1.29, 1.82) is 0 Å². The molecule has 0 amide bonds. The molecule has 0 spiro atoms. The molecular weight excluding hydrogens is 176 g/mol. The Labute approximate surface area is 76.1 Å². The van der Waals surface area contributed by atoms with E-state index in [0.29, 0.717) is 12.2 Å². The zero-order valence-corrected chi connectivity index (χ0v) is 7.64. The number of carbonyl (C=O) groups is 1. The van der Waals surface area contributed by atoms with Gasteiger partial charge in [0, 0.05) is 11.3 Å². The molecule has 1 aromatic rings. The van der Waals surface area contributed by atoms with E-state index in [2.05, 4.69) is 12.6 Å². The first-order chi connectivity index (χ1) is 5.72. The molecule has 1 heterocycles. The van der Waals surface area contributed by atoms with Gasteiger partial charge in [-0.05, 0) is 6.07 Å². The van der Waals surface area contributed by atoms with Gasteiger partial charge in [0.15, 0.2) is 0 Å². The third kappa shape index (κ3) is 2.62. The van der Waals surface area contributed by atoms with Crippen LogP contribution in [0.2, 0.25) is 0 Å². The van der Waals surface area contributed by atoms with E-state index >= 15 is 0 Å². The molecule has 4 heteroatoms. The first-order valence-electron chi connectivity index (χ1n) is 3.64. The molecule has 66 valence electrons. The summed E-state index contributed by atoms with van der Waals surface area (Å²) in [4.78, 5) is 11.4. The fraction of sp³-hybridized carbons (Fsp3) is 0.375. The molecule has 0 saturated carbocycles. The maximum absolute atomic E-state index is 10.7. The minimum atomic E-state index is -0.230. The Balaban J connectivity index is 2.38. The Hall–Kier alpha value is -0.900. The number of hydrogen-bond donors (Lipinski definition) is 1. The second-order valence-corrected chi connectivity index (χ2v) is 2.80. The number of esters is 1. The molecule has 0 aliphatic rings. The van der Waals surface area contributed by atoms with E-state index in [-0.39, 0.29) is 12.6 Å². The van der Waals surface area contributed by atoms with Crippen LogP contribution in [0.4, 0.5) is 0 Å². The van der Waals surface area contributed by atoms with Crippen molar-refractivity contribution in [3.8, 4) is 0 Å². The first kappa shape index (κ1) is 9.19. The Kier molecular flexibility index (Phi) is 3.22. The maximum Gasteiger partial charge on any atom is 0.305 e. The molecule has 0 aromatic carbocycles. The smallest absolute Gasteiger partial charge is 0.305 e. The molecule has 12 heavy (non-hydrogen) atoms. The standard InChI is InChI=1S/C8H10O3S/c1-2-8(9)11-4-6-3-7(12)5-10-6/h3,5,12H,2,4H2,1H3. The zero-order chi connectivity index (χ0) is 8.97. The van der Waals surface area contributed by atoms with E-state index < -0.39 is 0 Å². The van der Waals surface area contributed by atoms with Crippen LogP contribution in [0.3, 0.4) is 0 Å². The maximum atomic E-state index is 10.7. The van der Waals surface area contributed by atoms with Crippen molar-refractivity contribution in [2.45, 2.75) is 24.8 Å². The minimum Gasteiger partial charge on any atom is -0.465 e. The van der Waals surface area contributed by atoms with Crippen LogP contribution in [0.1, 0.15) is 19.1 Å². The fourth-order valence-electron chi connectivity index (χ4n) is 0.698. The molecule has 0 fully saturated rings. The highest BCUT2D eigenvalue weighted by Crippen LogP contribution is 2.12. The van der Waals surface area contributed by atoms with E-state index in [1.54, 1.807) is 13.0 Å². The third-order valence-electron chi connectivity index (χ3n) is 1.30. The van der Waals surface area contributed by atoms with Crippen LogP contribution >= 0.6 is 12.6 Å². The molecular formula is C8H10O3S. The van der Waals surface area contributed by atoms with Crippen LogP contribution in [0, 0.1) is 0 Å². The van der Waals surface area contributed by atoms with Gasteiger partial charge in [-0.3, -0.25) is 4.79 Å². The first-order valence-corrected chi connectivity index (χ1v) is 4.09. The molecule has 0 bridgehead atoms. The third-order valence-corrected chi connectivity index (χ3v) is 1.54. The van der Waals surface area contributed by atoms with Gasteiger partial charge in [0.2, 0.25) is 0 Å². The molecule has 0 N–H and O–H groups in total. The lowest BCUT2D eigenvalue weighted by Gasteiger charge is -1.98. The topological polar surface area (TPSA) is 39.4 Å². The van der Waals surface area contributed by atoms with Gasteiger partial charge in [-0.15, -0.1) is 12.6 Å². The average Bonchev–Trinajstić information content (AvgIpc) is 2.47. The Bertz CT molecular complexity index is 267. The highest BCUT2D eigenvalue weighted by atomic mass is 32.1. The van der Waals surface area contributed by atoms with Crippen LogP contribution < -0.4 is 0 Å². The molecule has 0 aliphatic carbocycles. The summed E-state index contributed by atoms with van der Waals surface area (Å²) in [5, 5.41) is 0. The second-order valence-electron chi connectivity index (χ2n) is 2.29. The number of furan rings is 1. The normalized spacial score (nSPS) is 9.83. The summed E-state index contributed by atoms with van der Waals surface area (Å²) in [6.07, 6.45) is 1.88. The van der Waals surface area contributed by atoms with E-state index in [4.69, 9.17) is 9.15 Å². The van der Waals surface area contributed by atoms with Crippen molar-refractivity contribution < 1.29 is 13.9 Å². The number of ether oxygens (including phenoxy) is 1. The lowest BCUT2D eigenvalue weighted by Crippen LogP contribution is -2.01. The summed E-state index contributed by atoms with van der Waals surface area (Å²) in [5.74, 6) is 0.383. The lowest BCUT2D eigenvalue weighted by molar-refractivity contribution is -0.145. The van der Waals surface area contributed by atoms with Gasteiger partial charge in [-0.2, -0.15) is 0 Å². The summed E-state index contributed by atoms with van der Waals surface area (Å²) in [6.45, 7) is 1.93. The van der Waals surface area contributed by atoms with Crippen molar-refractivity contribution in [2.24, 2.45) is 0 Å². The van der Waals surface area contributed by atoms with E-state index in [1.807, 2.05) is 0 Å². The van der Waals surface area contributed by atoms with Crippen molar-refractivity contribution in [2.75, 3.05) is 0 Å². The van der Waals surface area contributed by atoms with Gasteiger partial charge in [0.1, 0.15) is 18.6 Å². The van der Waals surface area contributed by atoms with Crippen LogP contribution in [0.15, 0.2) is 21.6 Å². The zero-order valence-electron chi connectivity index (χ0n) is 6.74. The van der Waals surface area contributed by atoms with Crippen molar-refractivity contribution in [1.82, 2.24) is 0 Å². The predicted octanol–water partition coefficient (Wildman–Crippen LogP) is 2.02. The van der Waals surface area contributed by atoms with Crippen molar-refractivity contribution >= 4 is 18.6 Å². The van der Waals surface area contributed by atoms with E-state index in [0.717, 1.165) is 4.90 Å². The summed E-state index contributed by atoms with van der Waals surface area (Å²) >= 11 is 4.04. The van der Waals surface area contributed by atoms with Gasteiger partial charge >= 0.3 is 5.97 Å². The summed E-state index contributed by atoms with van der Waals surface area (Å²) in [6, 6.07) is 1.71. The van der Waals surface area contributed by atoms with Crippen LogP contribution in [-0.4, -0.2) is 5.97 Å². The quantitative estimate of drug-likeness (QED) is 0.580. The summed E-state index contributed by atoms with van der Waals surface area (Å²) in [7, 11) is 0. The molecule has 1 aromatic heterocycles. The SMILES string of the molecule is CCC(=O)OCc1cc(S)co1. The summed E-state index contributed by atoms with van der Waals surface area (Å²) < 4.78 is 9.83. The number of thiol groups is 1. The number of hydrogen-bond acceptors (Lipinski definition) is 4. The minimum absolute atomic E-state index is 0.188. The van der Waals surface area contributed by atoms with Gasteiger partial charge in [0.25, 0.3) is 0 Å². The molecule has 0 aliphatic heterocycles. The predicted molar refractivity (Wildman–Crippen MR) is 46.0 cm³/mol. The van der Waals surface area contributed by atoms with Gasteiger partial charge in [0.05, 0.1) is 0 Å². The highest BCUT2D eigenvalue weighted by Gasteiger charge is 2.02. The van der Waals surface area contributed by atoms with E-state index in [9.17, 15) is 4.79 Å². The number of rotatable bonds is 3. The second kappa shape index (κ2) is 4.21. The molecule has 0 radical (unpaired) electrons.